The molecule has 9 heteroatoms. The molecule has 0 aromatic carbocycles. The molecule has 0 saturated heterocycles. The highest BCUT2D eigenvalue weighted by molar-refractivity contribution is 9.11. The number of thiophene rings is 1. The maximum absolute atomic E-state index is 12.4. The van der Waals surface area contributed by atoms with Gasteiger partial charge in [-0.05, 0) is 28.4 Å². The number of carbonyl (C=O) groups is 1. The lowest BCUT2D eigenvalue weighted by molar-refractivity contribution is -0.118. The average molecular weight is 390 g/mol. The Labute approximate surface area is 129 Å². The molecular weight excluding hydrogens is 376 g/mol. The Hall–Kier alpha value is -0.150. The summed E-state index contributed by atoms with van der Waals surface area (Å²) in [5, 5.41) is 0.332. The van der Waals surface area contributed by atoms with Crippen molar-refractivity contribution in [2.45, 2.75) is 24.0 Å². The number of nitrogens with zero attached hydrogens (tertiary/aromatic N) is 1. The van der Waals surface area contributed by atoms with Crippen molar-refractivity contribution in [3.63, 3.8) is 0 Å². The lowest BCUT2D eigenvalue weighted by Crippen LogP contribution is -2.38. The molecular formula is C10H14BrClN2O3S2. The molecule has 19 heavy (non-hydrogen) atoms. The SMILES string of the molecule is CCCCN(CC(N)=O)S(=O)(=O)c1cc(Cl)c(Br)s1. The van der Waals surface area contributed by atoms with Gasteiger partial charge in [0.25, 0.3) is 10.0 Å². The second-order valence-electron chi connectivity index (χ2n) is 3.85. The Morgan fingerprint density at radius 2 is 2.21 bits per heavy atom. The molecule has 0 aliphatic carbocycles. The van der Waals surface area contributed by atoms with Crippen LogP contribution in [0.1, 0.15) is 19.8 Å². The summed E-state index contributed by atoms with van der Waals surface area (Å²) in [6.45, 7) is 1.87. The lowest BCUT2D eigenvalue weighted by Gasteiger charge is -2.19. The highest BCUT2D eigenvalue weighted by atomic mass is 79.9. The minimum Gasteiger partial charge on any atom is -0.369 e. The number of carbonyl (C=O) groups excluding carboxylic acids is 1. The molecule has 1 amide bonds. The Morgan fingerprint density at radius 1 is 1.58 bits per heavy atom. The molecule has 0 aliphatic heterocycles. The summed E-state index contributed by atoms with van der Waals surface area (Å²) >= 11 is 10.0. The fourth-order valence-corrected chi connectivity index (χ4v) is 5.37. The second-order valence-corrected chi connectivity index (χ2v) is 8.79. The molecule has 0 spiro atoms. The Kier molecular flexibility index (Phi) is 6.25. The first-order chi connectivity index (χ1) is 8.78. The van der Waals surface area contributed by atoms with E-state index < -0.39 is 15.9 Å². The number of halogens is 2. The van der Waals surface area contributed by atoms with E-state index in [1.165, 1.54) is 6.07 Å². The summed E-state index contributed by atoms with van der Waals surface area (Å²) in [4.78, 5) is 11.0. The maximum Gasteiger partial charge on any atom is 0.253 e. The number of sulfonamides is 1. The average Bonchev–Trinajstić information content (AvgIpc) is 2.65. The van der Waals surface area contributed by atoms with E-state index in [-0.39, 0.29) is 17.3 Å². The molecule has 0 atom stereocenters. The molecule has 2 N–H and O–H groups in total. The van der Waals surface area contributed by atoms with E-state index in [9.17, 15) is 13.2 Å². The van der Waals surface area contributed by atoms with Gasteiger partial charge in [0, 0.05) is 6.54 Å². The fraction of sp³-hybridized carbons (Fsp3) is 0.500. The third-order valence-corrected chi connectivity index (χ3v) is 7.08. The number of amides is 1. The van der Waals surface area contributed by atoms with Crippen molar-refractivity contribution in [1.29, 1.82) is 0 Å². The molecule has 0 bridgehead atoms. The minimum atomic E-state index is -3.73. The van der Waals surface area contributed by atoms with Crippen molar-refractivity contribution in [3.8, 4) is 0 Å². The Bertz CT molecular complexity index is 540. The van der Waals surface area contributed by atoms with Crippen LogP contribution < -0.4 is 5.73 Å². The number of nitrogens with two attached hydrogens (primary N) is 1. The van der Waals surface area contributed by atoms with Gasteiger partial charge >= 0.3 is 0 Å². The first-order valence-electron chi connectivity index (χ1n) is 5.52. The van der Waals surface area contributed by atoms with Crippen LogP contribution in [-0.4, -0.2) is 31.7 Å². The van der Waals surface area contributed by atoms with Gasteiger partial charge in [-0.1, -0.05) is 24.9 Å². The molecule has 1 rings (SSSR count). The molecule has 0 aliphatic rings. The van der Waals surface area contributed by atoms with Gasteiger partial charge in [0.15, 0.2) is 0 Å². The van der Waals surface area contributed by atoms with Gasteiger partial charge in [-0.15, -0.1) is 11.3 Å². The molecule has 1 heterocycles. The van der Waals surface area contributed by atoms with E-state index >= 15 is 0 Å². The lowest BCUT2D eigenvalue weighted by atomic mass is 10.3. The van der Waals surface area contributed by atoms with Crippen LogP contribution in [0.4, 0.5) is 0 Å². The van der Waals surface area contributed by atoms with Crippen molar-refractivity contribution < 1.29 is 13.2 Å². The summed E-state index contributed by atoms with van der Waals surface area (Å²) < 4.78 is 26.5. The van der Waals surface area contributed by atoms with Crippen LogP contribution in [0.15, 0.2) is 14.1 Å². The first kappa shape index (κ1) is 16.9. The van der Waals surface area contributed by atoms with Crippen LogP contribution in [0.25, 0.3) is 0 Å². The van der Waals surface area contributed by atoms with Gasteiger partial charge in [-0.2, -0.15) is 4.31 Å². The minimum absolute atomic E-state index is 0.0988. The zero-order valence-electron chi connectivity index (χ0n) is 10.2. The van der Waals surface area contributed by atoms with Gasteiger partial charge in [-0.3, -0.25) is 4.79 Å². The van der Waals surface area contributed by atoms with Crippen LogP contribution in [0, 0.1) is 0 Å². The van der Waals surface area contributed by atoms with Gasteiger partial charge in [0.05, 0.1) is 15.4 Å². The fourth-order valence-electron chi connectivity index (χ4n) is 1.37. The van der Waals surface area contributed by atoms with Crippen LogP contribution in [0.2, 0.25) is 5.02 Å². The molecule has 0 radical (unpaired) electrons. The van der Waals surface area contributed by atoms with Crippen molar-refractivity contribution in [3.05, 3.63) is 14.9 Å². The van der Waals surface area contributed by atoms with Gasteiger partial charge < -0.3 is 5.73 Å². The normalized spacial score (nSPS) is 12.0. The van der Waals surface area contributed by atoms with E-state index in [4.69, 9.17) is 17.3 Å². The van der Waals surface area contributed by atoms with E-state index in [0.29, 0.717) is 15.2 Å². The summed E-state index contributed by atoms with van der Waals surface area (Å²) in [7, 11) is -3.73. The molecule has 0 unspecified atom stereocenters. The molecule has 5 nitrogen and oxygen atoms in total. The molecule has 108 valence electrons. The summed E-state index contributed by atoms with van der Waals surface area (Å²) in [6, 6.07) is 1.37. The molecule has 0 fully saturated rings. The van der Waals surface area contributed by atoms with Gasteiger partial charge in [-0.25, -0.2) is 8.42 Å². The standard InChI is InChI=1S/C10H14BrClN2O3S2/c1-2-3-4-14(6-8(13)15)19(16,17)9-5-7(12)10(11)18-9/h5H,2-4,6H2,1H3,(H2,13,15). The zero-order chi connectivity index (χ0) is 14.6. The van der Waals surface area contributed by atoms with Crippen molar-refractivity contribution in [2.24, 2.45) is 5.73 Å². The molecule has 0 saturated carbocycles. The third-order valence-electron chi connectivity index (χ3n) is 2.31. The van der Waals surface area contributed by atoms with E-state index in [1.807, 2.05) is 6.92 Å². The first-order valence-corrected chi connectivity index (χ1v) is 8.95. The smallest absolute Gasteiger partial charge is 0.253 e. The number of hydrogen-bond acceptors (Lipinski definition) is 4. The maximum atomic E-state index is 12.4. The summed E-state index contributed by atoms with van der Waals surface area (Å²) in [6.07, 6.45) is 1.48. The monoisotopic (exact) mass is 388 g/mol. The van der Waals surface area contributed by atoms with E-state index in [2.05, 4.69) is 15.9 Å². The number of primary amides is 1. The summed E-state index contributed by atoms with van der Waals surface area (Å²) in [5.74, 6) is -0.679. The Balaban J connectivity index is 3.07. The third kappa shape index (κ3) is 4.42. The molecule has 1 aromatic rings. The molecule has 1 aromatic heterocycles. The topological polar surface area (TPSA) is 80.5 Å². The van der Waals surface area contributed by atoms with E-state index in [0.717, 1.165) is 22.1 Å². The van der Waals surface area contributed by atoms with Crippen LogP contribution in [0.3, 0.4) is 0 Å². The van der Waals surface area contributed by atoms with Crippen molar-refractivity contribution in [1.82, 2.24) is 4.31 Å². The van der Waals surface area contributed by atoms with Crippen molar-refractivity contribution >= 4 is 54.8 Å². The van der Waals surface area contributed by atoms with Crippen molar-refractivity contribution in [2.75, 3.05) is 13.1 Å². The van der Waals surface area contributed by atoms with Crippen LogP contribution in [0.5, 0.6) is 0 Å². The number of hydrogen-bond donors (Lipinski definition) is 1. The van der Waals surface area contributed by atoms with Gasteiger partial charge in [0.1, 0.15) is 4.21 Å². The summed E-state index contributed by atoms with van der Waals surface area (Å²) in [5.41, 5.74) is 5.10. The zero-order valence-corrected chi connectivity index (χ0v) is 14.2. The second kappa shape index (κ2) is 7.03. The largest absolute Gasteiger partial charge is 0.369 e. The Morgan fingerprint density at radius 3 is 2.63 bits per heavy atom. The predicted molar refractivity (Wildman–Crippen MR) is 79.9 cm³/mol. The van der Waals surface area contributed by atoms with Crippen LogP contribution in [-0.2, 0) is 14.8 Å². The quantitative estimate of drug-likeness (QED) is 0.777. The van der Waals surface area contributed by atoms with Gasteiger partial charge in [0.2, 0.25) is 5.91 Å². The highest BCUT2D eigenvalue weighted by Gasteiger charge is 2.28. The highest BCUT2D eigenvalue weighted by Crippen LogP contribution is 2.35. The van der Waals surface area contributed by atoms with Crippen LogP contribution >= 0.6 is 38.9 Å². The predicted octanol–water partition coefficient (Wildman–Crippen LogP) is 2.44. The number of unbranched alkanes of at least 4 members (excludes halogenated alkanes) is 1. The number of rotatable bonds is 7. The van der Waals surface area contributed by atoms with E-state index in [1.54, 1.807) is 0 Å².